The van der Waals surface area contributed by atoms with Crippen molar-refractivity contribution in [1.29, 1.82) is 0 Å². The molecular weight excluding hydrogens is 258 g/mol. The number of aromatic nitrogens is 1. The molecule has 0 aliphatic heterocycles. The number of rotatable bonds is 8. The van der Waals surface area contributed by atoms with Crippen molar-refractivity contribution in [3.63, 3.8) is 0 Å². The first-order valence-corrected chi connectivity index (χ1v) is 5.75. The number of nitrogens with zero attached hydrogens (tertiary/aromatic N) is 1. The largest absolute Gasteiger partial charge is 0.534 e. The third kappa shape index (κ3) is 5.49. The van der Waals surface area contributed by atoms with Gasteiger partial charge in [-0.3, -0.25) is 4.84 Å². The predicted molar refractivity (Wildman–Crippen MR) is 63.0 cm³/mol. The van der Waals surface area contributed by atoms with Gasteiger partial charge in [0.1, 0.15) is 6.61 Å². The summed E-state index contributed by atoms with van der Waals surface area (Å²) in [4.78, 5) is 15.7. The molecule has 8 heteroatoms. The van der Waals surface area contributed by atoms with Crippen LogP contribution in [0.15, 0.2) is 12.1 Å². The van der Waals surface area contributed by atoms with Crippen LogP contribution in [0.4, 0.5) is 4.79 Å². The van der Waals surface area contributed by atoms with Crippen LogP contribution in [0, 0.1) is 0 Å². The fourth-order valence-corrected chi connectivity index (χ4v) is 1.14. The molecule has 108 valence electrons. The maximum Gasteiger partial charge on any atom is 0.534 e. The number of hydrogen-bond acceptors (Lipinski definition) is 7. The number of hydrogen-bond donors (Lipinski definition) is 2. The SMILES string of the molecule is CCOCCOCCOC(=O)On1c(O)ccc1O. The molecule has 1 rings (SSSR count). The van der Waals surface area contributed by atoms with Gasteiger partial charge in [-0.25, -0.2) is 4.79 Å². The first-order chi connectivity index (χ1) is 9.15. The molecule has 2 N–H and O–H groups in total. The zero-order chi connectivity index (χ0) is 14.1. The minimum atomic E-state index is -1.06. The van der Waals surface area contributed by atoms with Crippen molar-refractivity contribution < 1.29 is 34.1 Å². The standard InChI is InChI=1S/C11H17NO7/c1-2-16-5-6-17-7-8-18-11(15)19-12-9(13)3-4-10(12)14/h3-4,13-14H,2,5-8H2,1H3. The van der Waals surface area contributed by atoms with Gasteiger partial charge in [-0.1, -0.05) is 0 Å². The summed E-state index contributed by atoms with van der Waals surface area (Å²) in [6, 6.07) is 2.33. The molecule has 0 saturated heterocycles. The predicted octanol–water partition coefficient (Wildman–Crippen LogP) is 0.518. The normalized spacial score (nSPS) is 10.4. The van der Waals surface area contributed by atoms with Gasteiger partial charge < -0.3 is 24.4 Å². The van der Waals surface area contributed by atoms with Crippen molar-refractivity contribution in [3.05, 3.63) is 12.1 Å². The lowest BCUT2D eigenvalue weighted by Crippen LogP contribution is -2.22. The van der Waals surface area contributed by atoms with Crippen LogP contribution in [-0.2, 0) is 14.2 Å². The van der Waals surface area contributed by atoms with E-state index in [1.807, 2.05) is 6.92 Å². The van der Waals surface area contributed by atoms with Crippen LogP contribution in [0.3, 0.4) is 0 Å². The van der Waals surface area contributed by atoms with Crippen LogP contribution in [0.1, 0.15) is 6.92 Å². The summed E-state index contributed by atoms with van der Waals surface area (Å²) in [6.07, 6.45) is -1.06. The lowest BCUT2D eigenvalue weighted by molar-refractivity contribution is 0.00344. The Bertz CT molecular complexity index is 371. The third-order valence-electron chi connectivity index (χ3n) is 1.99. The highest BCUT2D eigenvalue weighted by Crippen LogP contribution is 2.18. The molecule has 19 heavy (non-hydrogen) atoms. The molecule has 0 aromatic carbocycles. The van der Waals surface area contributed by atoms with Gasteiger partial charge in [0.2, 0.25) is 11.8 Å². The molecule has 0 atom stereocenters. The molecule has 1 aromatic heterocycles. The van der Waals surface area contributed by atoms with Crippen molar-refractivity contribution in [2.75, 3.05) is 33.0 Å². The van der Waals surface area contributed by atoms with Crippen LogP contribution in [-0.4, -0.2) is 54.1 Å². The van der Waals surface area contributed by atoms with E-state index < -0.39 is 17.9 Å². The van der Waals surface area contributed by atoms with Gasteiger partial charge in [0.15, 0.2) is 0 Å². The summed E-state index contributed by atoms with van der Waals surface area (Å²) in [5.74, 6) is -0.829. The van der Waals surface area contributed by atoms with Crippen LogP contribution in [0.5, 0.6) is 11.8 Å². The highest BCUT2D eigenvalue weighted by atomic mass is 16.8. The Morgan fingerprint density at radius 2 is 1.68 bits per heavy atom. The molecule has 0 spiro atoms. The summed E-state index contributed by atoms with van der Waals surface area (Å²) < 4.78 is 15.3. The number of ether oxygens (including phenoxy) is 3. The van der Waals surface area contributed by atoms with E-state index in [2.05, 4.69) is 9.57 Å². The van der Waals surface area contributed by atoms with E-state index in [-0.39, 0.29) is 13.2 Å². The Hall–Kier alpha value is -1.93. The fourth-order valence-electron chi connectivity index (χ4n) is 1.14. The summed E-state index contributed by atoms with van der Waals surface area (Å²) >= 11 is 0. The zero-order valence-corrected chi connectivity index (χ0v) is 10.6. The average molecular weight is 275 g/mol. The lowest BCUT2D eigenvalue weighted by atomic mass is 10.6. The van der Waals surface area contributed by atoms with Gasteiger partial charge >= 0.3 is 6.16 Å². The summed E-state index contributed by atoms with van der Waals surface area (Å²) in [7, 11) is 0. The second-order valence-electron chi connectivity index (χ2n) is 3.34. The van der Waals surface area contributed by atoms with Gasteiger partial charge in [-0.15, -0.1) is 4.73 Å². The molecule has 0 aliphatic carbocycles. The van der Waals surface area contributed by atoms with Gasteiger partial charge in [-0.2, -0.15) is 0 Å². The molecule has 0 aliphatic rings. The second-order valence-corrected chi connectivity index (χ2v) is 3.34. The van der Waals surface area contributed by atoms with Crippen LogP contribution < -0.4 is 4.84 Å². The smallest absolute Gasteiger partial charge is 0.492 e. The Labute approximate surface area is 110 Å². The molecular formula is C11H17NO7. The van der Waals surface area contributed by atoms with E-state index in [0.29, 0.717) is 24.6 Å². The van der Waals surface area contributed by atoms with E-state index in [1.165, 1.54) is 12.1 Å². The molecule has 0 fully saturated rings. The summed E-state index contributed by atoms with van der Waals surface area (Å²) in [5.41, 5.74) is 0. The van der Waals surface area contributed by atoms with E-state index in [0.717, 1.165) is 0 Å². The molecule has 0 saturated carbocycles. The Morgan fingerprint density at radius 1 is 1.11 bits per heavy atom. The highest BCUT2D eigenvalue weighted by Gasteiger charge is 2.12. The van der Waals surface area contributed by atoms with Crippen LogP contribution >= 0.6 is 0 Å². The molecule has 0 radical (unpaired) electrons. The molecule has 0 unspecified atom stereocenters. The van der Waals surface area contributed by atoms with Crippen molar-refractivity contribution in [3.8, 4) is 11.8 Å². The summed E-state index contributed by atoms with van der Waals surface area (Å²) in [6.45, 7) is 3.58. The van der Waals surface area contributed by atoms with Gasteiger partial charge in [0.05, 0.1) is 19.8 Å². The Morgan fingerprint density at radius 3 is 2.32 bits per heavy atom. The molecule has 1 aromatic rings. The first-order valence-electron chi connectivity index (χ1n) is 5.75. The number of carbonyl (C=O) groups excluding carboxylic acids is 1. The quantitative estimate of drug-likeness (QED) is 0.527. The first kappa shape index (κ1) is 15.1. The zero-order valence-electron chi connectivity index (χ0n) is 10.6. The monoisotopic (exact) mass is 275 g/mol. The van der Waals surface area contributed by atoms with E-state index in [4.69, 9.17) is 9.47 Å². The highest BCUT2D eigenvalue weighted by molar-refractivity contribution is 5.60. The minimum Gasteiger partial charge on any atom is -0.492 e. The maximum absolute atomic E-state index is 11.2. The Balaban J connectivity index is 2.12. The van der Waals surface area contributed by atoms with E-state index in [9.17, 15) is 15.0 Å². The van der Waals surface area contributed by atoms with Crippen LogP contribution in [0.25, 0.3) is 0 Å². The van der Waals surface area contributed by atoms with Crippen molar-refractivity contribution >= 4 is 6.16 Å². The Kier molecular flexibility index (Phi) is 6.55. The second kappa shape index (κ2) is 8.22. The van der Waals surface area contributed by atoms with Crippen LogP contribution in [0.2, 0.25) is 0 Å². The minimum absolute atomic E-state index is 0.00620. The number of carbonyl (C=O) groups is 1. The third-order valence-corrected chi connectivity index (χ3v) is 1.99. The fraction of sp³-hybridized carbons (Fsp3) is 0.545. The maximum atomic E-state index is 11.2. The van der Waals surface area contributed by atoms with Gasteiger partial charge in [-0.05, 0) is 6.92 Å². The van der Waals surface area contributed by atoms with E-state index >= 15 is 0 Å². The molecule has 1 heterocycles. The van der Waals surface area contributed by atoms with Gasteiger partial charge in [0, 0.05) is 18.7 Å². The molecule has 0 bridgehead atoms. The number of aromatic hydroxyl groups is 2. The lowest BCUT2D eigenvalue weighted by Gasteiger charge is -2.08. The molecule has 0 amide bonds. The summed E-state index contributed by atoms with van der Waals surface area (Å²) in [5, 5.41) is 18.4. The van der Waals surface area contributed by atoms with Crippen molar-refractivity contribution in [2.24, 2.45) is 0 Å². The average Bonchev–Trinajstić information content (AvgIpc) is 2.69. The van der Waals surface area contributed by atoms with Gasteiger partial charge in [0.25, 0.3) is 0 Å². The molecule has 8 nitrogen and oxygen atoms in total. The van der Waals surface area contributed by atoms with Crippen molar-refractivity contribution in [1.82, 2.24) is 4.73 Å². The van der Waals surface area contributed by atoms with Crippen molar-refractivity contribution in [2.45, 2.75) is 6.92 Å². The van der Waals surface area contributed by atoms with E-state index in [1.54, 1.807) is 0 Å². The topological polar surface area (TPSA) is 99.4 Å².